The first-order chi connectivity index (χ1) is 20.4. The third kappa shape index (κ3) is 5.28. The number of esters is 1. The maximum atomic E-state index is 12.1. The fourth-order valence-corrected chi connectivity index (χ4v) is 4.93. The highest BCUT2D eigenvalue weighted by Crippen LogP contribution is 2.43. The van der Waals surface area contributed by atoms with Gasteiger partial charge in [0.2, 0.25) is 5.88 Å². The molecule has 0 N–H and O–H groups in total. The molecule has 0 saturated heterocycles. The molecule has 0 aliphatic heterocycles. The number of aliphatic imine (C=N–C) groups is 1. The van der Waals surface area contributed by atoms with Gasteiger partial charge in [0.15, 0.2) is 0 Å². The van der Waals surface area contributed by atoms with Crippen molar-refractivity contribution in [1.82, 2.24) is 4.57 Å². The van der Waals surface area contributed by atoms with E-state index in [4.69, 9.17) is 18.6 Å². The monoisotopic (exact) mass is 559 g/mol. The highest BCUT2D eigenvalue weighted by atomic mass is 16.5. The maximum absolute atomic E-state index is 12.1. The first kappa shape index (κ1) is 28.0. The Morgan fingerprint density at radius 2 is 1.55 bits per heavy atom. The lowest BCUT2D eigenvalue weighted by Crippen LogP contribution is -2.04. The Morgan fingerprint density at radius 1 is 0.905 bits per heavy atom. The van der Waals surface area contributed by atoms with Gasteiger partial charge in [0.1, 0.15) is 28.9 Å². The van der Waals surface area contributed by atoms with E-state index in [2.05, 4.69) is 11.1 Å². The van der Waals surface area contributed by atoms with Gasteiger partial charge in [-0.25, -0.2) is 9.79 Å². The van der Waals surface area contributed by atoms with Gasteiger partial charge in [-0.3, -0.25) is 0 Å². The molecule has 0 amide bonds. The second-order valence-electron chi connectivity index (χ2n) is 9.52. The Hall–Kier alpha value is -5.55. The van der Waals surface area contributed by atoms with Crippen LogP contribution in [-0.2, 0) is 4.74 Å². The normalized spacial score (nSPS) is 11.0. The molecule has 0 spiro atoms. The summed E-state index contributed by atoms with van der Waals surface area (Å²) in [5.74, 6) is 1.74. The first-order valence-electron chi connectivity index (χ1n) is 13.2. The molecule has 8 heteroatoms. The number of hydrogen-bond acceptors (Lipinski definition) is 7. The maximum Gasteiger partial charge on any atom is 0.337 e. The molecule has 2 aromatic heterocycles. The van der Waals surface area contributed by atoms with Crippen LogP contribution in [0, 0.1) is 25.2 Å². The van der Waals surface area contributed by atoms with Crippen molar-refractivity contribution in [3.8, 4) is 45.7 Å². The van der Waals surface area contributed by atoms with Crippen LogP contribution in [0.2, 0.25) is 0 Å². The van der Waals surface area contributed by atoms with Crippen LogP contribution in [0.15, 0.2) is 88.3 Å². The van der Waals surface area contributed by atoms with E-state index in [0.29, 0.717) is 33.9 Å². The molecule has 8 nitrogen and oxygen atoms in total. The van der Waals surface area contributed by atoms with Crippen molar-refractivity contribution in [3.05, 3.63) is 107 Å². The van der Waals surface area contributed by atoms with Crippen molar-refractivity contribution >= 4 is 18.1 Å². The van der Waals surface area contributed by atoms with Crippen molar-refractivity contribution in [2.75, 3.05) is 21.3 Å². The van der Waals surface area contributed by atoms with Crippen molar-refractivity contribution in [1.29, 1.82) is 5.26 Å². The van der Waals surface area contributed by atoms with E-state index in [1.807, 2.05) is 85.1 Å². The van der Waals surface area contributed by atoms with Gasteiger partial charge < -0.3 is 23.2 Å². The van der Waals surface area contributed by atoms with Gasteiger partial charge in [0.05, 0.1) is 26.9 Å². The van der Waals surface area contributed by atoms with Gasteiger partial charge in [-0.2, -0.15) is 5.26 Å². The fourth-order valence-electron chi connectivity index (χ4n) is 4.93. The van der Waals surface area contributed by atoms with E-state index < -0.39 is 5.97 Å². The van der Waals surface area contributed by atoms with Crippen LogP contribution in [0.1, 0.15) is 32.9 Å². The number of carbonyl (C=O) groups is 1. The Labute approximate surface area is 244 Å². The molecule has 42 heavy (non-hydrogen) atoms. The second-order valence-corrected chi connectivity index (χ2v) is 9.52. The SMILES string of the molecule is COC(=O)c1cccc(-n2c(C)cc(C=Nc3oc(-c4ccc(OC)cc4)c(-c4ccc(OC)cc4)c3C#N)c2C)c1. The van der Waals surface area contributed by atoms with Crippen LogP contribution in [0.3, 0.4) is 0 Å². The summed E-state index contributed by atoms with van der Waals surface area (Å²) in [5, 5.41) is 10.3. The summed E-state index contributed by atoms with van der Waals surface area (Å²) in [6.07, 6.45) is 1.69. The van der Waals surface area contributed by atoms with Crippen molar-refractivity contribution in [2.45, 2.75) is 13.8 Å². The Balaban J connectivity index is 1.59. The first-order valence-corrected chi connectivity index (χ1v) is 13.2. The highest BCUT2D eigenvalue weighted by Gasteiger charge is 2.23. The van der Waals surface area contributed by atoms with Crippen LogP contribution in [0.5, 0.6) is 11.5 Å². The van der Waals surface area contributed by atoms with Crippen LogP contribution in [0.25, 0.3) is 28.1 Å². The Kier molecular flexibility index (Phi) is 7.93. The lowest BCUT2D eigenvalue weighted by molar-refractivity contribution is 0.0600. The molecule has 0 unspecified atom stereocenters. The van der Waals surface area contributed by atoms with Gasteiger partial charge in [0, 0.05) is 40.0 Å². The summed E-state index contributed by atoms with van der Waals surface area (Å²) in [6.45, 7) is 3.95. The Morgan fingerprint density at radius 3 is 2.14 bits per heavy atom. The van der Waals surface area contributed by atoms with Crippen LogP contribution in [0.4, 0.5) is 5.88 Å². The van der Waals surface area contributed by atoms with Crippen LogP contribution in [-0.4, -0.2) is 38.1 Å². The van der Waals surface area contributed by atoms with Crippen molar-refractivity contribution in [2.24, 2.45) is 4.99 Å². The summed E-state index contributed by atoms with van der Waals surface area (Å²) < 4.78 is 23.9. The molecular formula is C34H29N3O5. The quantitative estimate of drug-likeness (QED) is 0.145. The molecular weight excluding hydrogens is 530 g/mol. The molecule has 0 saturated carbocycles. The molecule has 3 aromatic carbocycles. The minimum atomic E-state index is -0.400. The zero-order valence-electron chi connectivity index (χ0n) is 24.0. The molecule has 210 valence electrons. The molecule has 0 radical (unpaired) electrons. The van der Waals surface area contributed by atoms with E-state index in [1.165, 1.54) is 7.11 Å². The third-order valence-corrected chi connectivity index (χ3v) is 7.05. The smallest absolute Gasteiger partial charge is 0.337 e. The minimum absolute atomic E-state index is 0.201. The summed E-state index contributed by atoms with van der Waals surface area (Å²) in [5.41, 5.74) is 6.53. The number of ether oxygens (including phenoxy) is 3. The molecule has 0 atom stereocenters. The summed E-state index contributed by atoms with van der Waals surface area (Å²) in [4.78, 5) is 16.8. The fraction of sp³-hybridized carbons (Fsp3) is 0.147. The zero-order chi connectivity index (χ0) is 29.8. The third-order valence-electron chi connectivity index (χ3n) is 7.05. The number of furan rings is 1. The molecule has 5 rings (SSSR count). The lowest BCUT2D eigenvalue weighted by atomic mass is 9.98. The number of carbonyl (C=O) groups excluding carboxylic acids is 1. The van der Waals surface area contributed by atoms with Crippen LogP contribution >= 0.6 is 0 Å². The van der Waals surface area contributed by atoms with E-state index in [0.717, 1.165) is 33.8 Å². The number of aromatic nitrogens is 1. The van der Waals surface area contributed by atoms with E-state index in [-0.39, 0.29) is 5.88 Å². The lowest BCUT2D eigenvalue weighted by Gasteiger charge is -2.10. The molecule has 0 aliphatic rings. The predicted octanol–water partition coefficient (Wildman–Crippen LogP) is 7.45. The number of aryl methyl sites for hydroxylation is 1. The molecule has 0 fully saturated rings. The molecule has 5 aromatic rings. The molecule has 0 aliphatic carbocycles. The summed E-state index contributed by atoms with van der Waals surface area (Å²) >= 11 is 0. The van der Waals surface area contributed by atoms with E-state index in [9.17, 15) is 10.1 Å². The number of benzene rings is 3. The Bertz CT molecular complexity index is 1820. The average Bonchev–Trinajstić information content (AvgIpc) is 3.55. The number of rotatable bonds is 8. The van der Waals surface area contributed by atoms with E-state index >= 15 is 0 Å². The van der Waals surface area contributed by atoms with Gasteiger partial charge >= 0.3 is 5.97 Å². The zero-order valence-corrected chi connectivity index (χ0v) is 24.0. The number of nitriles is 1. The molecule has 2 heterocycles. The predicted molar refractivity (Wildman–Crippen MR) is 161 cm³/mol. The van der Waals surface area contributed by atoms with Crippen molar-refractivity contribution < 1.29 is 23.4 Å². The number of nitrogens with zero attached hydrogens (tertiary/aromatic N) is 3. The summed E-state index contributed by atoms with van der Waals surface area (Å²) in [6, 6.07) is 26.5. The van der Waals surface area contributed by atoms with Gasteiger partial charge in [-0.1, -0.05) is 18.2 Å². The number of methoxy groups -OCH3 is 3. The van der Waals surface area contributed by atoms with Crippen LogP contribution < -0.4 is 9.47 Å². The standard InChI is InChI=1S/C34H29N3O5/c1-21-17-26(22(2)37(21)27-8-6-7-25(18-27)34(38)41-5)20-36-33-30(19-35)31(23-9-13-28(39-3)14-10-23)32(42-33)24-11-15-29(40-4)16-12-24/h6-18,20H,1-5H3. The average molecular weight is 560 g/mol. The highest BCUT2D eigenvalue weighted by molar-refractivity contribution is 5.91. The summed E-state index contributed by atoms with van der Waals surface area (Å²) in [7, 11) is 4.58. The van der Waals surface area contributed by atoms with E-state index in [1.54, 1.807) is 32.6 Å². The van der Waals surface area contributed by atoms with Gasteiger partial charge in [-0.05, 0) is 80.1 Å². The van der Waals surface area contributed by atoms with Crippen molar-refractivity contribution in [3.63, 3.8) is 0 Å². The largest absolute Gasteiger partial charge is 0.497 e. The number of hydrogen-bond donors (Lipinski definition) is 0. The van der Waals surface area contributed by atoms with Gasteiger partial charge in [-0.15, -0.1) is 0 Å². The second kappa shape index (κ2) is 11.9. The van der Waals surface area contributed by atoms with Gasteiger partial charge in [0.25, 0.3) is 0 Å². The molecule has 0 bridgehead atoms. The topological polar surface area (TPSA) is 99.0 Å². The minimum Gasteiger partial charge on any atom is -0.497 e.